The highest BCUT2D eigenvalue weighted by atomic mass is 32.2. The molecule has 22 heavy (non-hydrogen) atoms. The van der Waals surface area contributed by atoms with E-state index in [-0.39, 0.29) is 11.2 Å². The van der Waals surface area contributed by atoms with Crippen molar-refractivity contribution < 1.29 is 9.00 Å². The van der Waals surface area contributed by atoms with Crippen LogP contribution < -0.4 is 0 Å². The number of carbonyl (C=O) groups is 1. The minimum Gasteiger partial charge on any atom is -0.293 e. The number of carbonyl (C=O) groups excluding carboxylic acids is 1. The first-order chi connectivity index (χ1) is 9.73. The predicted octanol–water partition coefficient (Wildman–Crippen LogP) is 3.10. The first kappa shape index (κ1) is 18.7. The van der Waals surface area contributed by atoms with E-state index in [4.69, 9.17) is 0 Å². The zero-order chi connectivity index (χ0) is 17.3. The van der Waals surface area contributed by atoms with E-state index in [0.717, 1.165) is 0 Å². The molecule has 1 heterocycles. The van der Waals surface area contributed by atoms with Gasteiger partial charge < -0.3 is 0 Å². The average molecular weight is 324 g/mol. The average Bonchev–Trinajstić information content (AvgIpc) is 2.75. The molecule has 5 heteroatoms. The normalized spacial score (nSPS) is 14.1. The molecule has 0 fully saturated rings. The molecule has 0 saturated heterocycles. The summed E-state index contributed by atoms with van der Waals surface area (Å²) in [6.45, 7) is 11.7. The quantitative estimate of drug-likeness (QED) is 0.634. The molecule has 0 bridgehead atoms. The van der Waals surface area contributed by atoms with E-state index in [2.05, 4.69) is 5.10 Å². The van der Waals surface area contributed by atoms with Crippen LogP contribution in [0.2, 0.25) is 0 Å². The van der Waals surface area contributed by atoms with E-state index in [1.165, 1.54) is 0 Å². The number of Topliss-reactive ketones (excluding diaryl/α,β-unsaturated/α-hetero) is 1. The summed E-state index contributed by atoms with van der Waals surface area (Å²) in [6, 6.07) is 1.79. The van der Waals surface area contributed by atoms with Crippen molar-refractivity contribution in [3.8, 4) is 0 Å². The third kappa shape index (κ3) is 4.83. The number of nitrogens with zero attached hydrogens (tertiary/aromatic N) is 2. The summed E-state index contributed by atoms with van der Waals surface area (Å²) in [4.78, 5) is 13.3. The lowest BCUT2D eigenvalue weighted by Gasteiger charge is -2.24. The number of hydrogen-bond acceptors (Lipinski definition) is 3. The Hall–Kier alpha value is -1.36. The highest BCUT2D eigenvalue weighted by Gasteiger charge is 2.32. The highest BCUT2D eigenvalue weighted by molar-refractivity contribution is 8.03. The maximum Gasteiger partial charge on any atom is 0.178 e. The Kier molecular flexibility index (Phi) is 5.12. The molecule has 0 N–H and O–H groups in total. The fraction of sp³-hybridized carbons (Fsp3) is 0.588. The molecule has 0 spiro atoms. The van der Waals surface area contributed by atoms with Crippen LogP contribution in [0.4, 0.5) is 0 Å². The molecule has 0 aromatic carbocycles. The summed E-state index contributed by atoms with van der Waals surface area (Å²) >= 11 is 0. The number of ketones is 1. The van der Waals surface area contributed by atoms with Gasteiger partial charge in [0.1, 0.15) is 0 Å². The van der Waals surface area contributed by atoms with Crippen LogP contribution in [0.5, 0.6) is 0 Å². The Morgan fingerprint density at radius 1 is 1.14 bits per heavy atom. The topological polar surface area (TPSA) is 52.0 Å². The van der Waals surface area contributed by atoms with Crippen LogP contribution >= 0.6 is 0 Å². The van der Waals surface area contributed by atoms with E-state index < -0.39 is 14.9 Å². The zero-order valence-corrected chi connectivity index (χ0v) is 15.7. The summed E-state index contributed by atoms with van der Waals surface area (Å²) in [5, 5.41) is 4.25. The number of hydrogen-bond donors (Lipinski definition) is 0. The molecular weight excluding hydrogens is 296 g/mol. The van der Waals surface area contributed by atoms with Gasteiger partial charge in [-0.2, -0.15) is 5.10 Å². The van der Waals surface area contributed by atoms with Gasteiger partial charge in [-0.15, -0.1) is 0 Å². The Balaban J connectivity index is 3.74. The molecule has 0 atom stereocenters. The SMILES string of the molecule is CC(C)(C)/C=C(\C(C(=O)C(C)(C)C)=S(C)(C)=O)n1cccn1. The van der Waals surface area contributed by atoms with Crippen molar-refractivity contribution in [2.24, 2.45) is 10.8 Å². The maximum absolute atomic E-state index is 12.9. The Bertz CT molecular complexity index is 682. The van der Waals surface area contributed by atoms with Gasteiger partial charge in [0.2, 0.25) is 0 Å². The monoisotopic (exact) mass is 324 g/mol. The van der Waals surface area contributed by atoms with Gasteiger partial charge in [0.25, 0.3) is 0 Å². The number of allylic oxidation sites excluding steroid dienone is 2. The number of aromatic nitrogens is 2. The lowest BCUT2D eigenvalue weighted by molar-refractivity contribution is -0.119. The molecule has 0 radical (unpaired) electrons. The largest absolute Gasteiger partial charge is 0.293 e. The third-order valence-corrected chi connectivity index (χ3v) is 4.31. The molecule has 0 aliphatic rings. The standard InChI is InChI=1S/C17H28N2O2S/c1-16(2,3)12-13(19-11-9-10-18-19)14(22(7,8)21)15(20)17(4,5)6/h9-12H,1-8H3/b13-12+. The lowest BCUT2D eigenvalue weighted by Crippen LogP contribution is -2.35. The Labute approximate surface area is 134 Å². The van der Waals surface area contributed by atoms with Crippen molar-refractivity contribution in [3.05, 3.63) is 24.5 Å². The summed E-state index contributed by atoms with van der Waals surface area (Å²) in [5.74, 6) is -0.103. The van der Waals surface area contributed by atoms with Gasteiger partial charge in [-0.1, -0.05) is 47.6 Å². The summed E-state index contributed by atoms with van der Waals surface area (Å²) < 4.78 is 14.5. The van der Waals surface area contributed by atoms with Crippen LogP contribution in [0.15, 0.2) is 24.5 Å². The molecule has 1 rings (SSSR count). The van der Waals surface area contributed by atoms with Crippen molar-refractivity contribution in [1.82, 2.24) is 9.78 Å². The summed E-state index contributed by atoms with van der Waals surface area (Å²) in [6.07, 6.45) is 8.63. The second kappa shape index (κ2) is 6.03. The summed E-state index contributed by atoms with van der Waals surface area (Å²) in [7, 11) is -2.46. The van der Waals surface area contributed by atoms with Crippen molar-refractivity contribution >= 4 is 25.9 Å². The van der Waals surface area contributed by atoms with Crippen molar-refractivity contribution in [2.75, 3.05) is 12.5 Å². The second-order valence-electron chi connectivity index (χ2n) is 7.99. The molecular formula is C17H28N2O2S. The van der Waals surface area contributed by atoms with E-state index >= 15 is 0 Å². The van der Waals surface area contributed by atoms with Crippen molar-refractivity contribution in [1.29, 1.82) is 0 Å². The minimum atomic E-state index is -2.46. The fourth-order valence-corrected chi connectivity index (χ4v) is 3.40. The van der Waals surface area contributed by atoms with E-state index in [1.54, 1.807) is 35.7 Å². The van der Waals surface area contributed by atoms with Crippen LogP contribution in [-0.2, 0) is 14.3 Å². The molecule has 0 aliphatic carbocycles. The molecule has 1 aromatic rings. The van der Waals surface area contributed by atoms with E-state index in [1.807, 2.05) is 47.6 Å². The summed E-state index contributed by atoms with van der Waals surface area (Å²) in [5.41, 5.74) is -0.156. The molecule has 124 valence electrons. The number of rotatable bonds is 3. The van der Waals surface area contributed by atoms with Gasteiger partial charge in [-0.05, 0) is 21.0 Å². The maximum atomic E-state index is 12.9. The smallest absolute Gasteiger partial charge is 0.178 e. The lowest BCUT2D eigenvalue weighted by atomic mass is 9.86. The minimum absolute atomic E-state index is 0.103. The molecule has 0 saturated carbocycles. The van der Waals surface area contributed by atoms with Crippen LogP contribution in [0.25, 0.3) is 5.70 Å². The first-order valence-electron chi connectivity index (χ1n) is 7.33. The van der Waals surface area contributed by atoms with Gasteiger partial charge >= 0.3 is 0 Å². The third-order valence-electron chi connectivity index (χ3n) is 2.93. The van der Waals surface area contributed by atoms with Gasteiger partial charge in [0.05, 0.1) is 10.6 Å². The van der Waals surface area contributed by atoms with Crippen LogP contribution in [-0.4, -0.2) is 37.1 Å². The van der Waals surface area contributed by atoms with Gasteiger partial charge in [0.15, 0.2) is 5.78 Å². The van der Waals surface area contributed by atoms with Crippen molar-refractivity contribution in [3.63, 3.8) is 0 Å². The first-order valence-corrected chi connectivity index (χ1v) is 9.70. The predicted molar refractivity (Wildman–Crippen MR) is 95.4 cm³/mol. The Morgan fingerprint density at radius 3 is 2.00 bits per heavy atom. The van der Waals surface area contributed by atoms with Gasteiger partial charge in [-0.25, -0.2) is 4.68 Å². The van der Waals surface area contributed by atoms with Crippen molar-refractivity contribution in [2.45, 2.75) is 41.5 Å². The molecule has 4 nitrogen and oxygen atoms in total. The molecule has 0 aliphatic heterocycles. The van der Waals surface area contributed by atoms with Crippen LogP contribution in [0.1, 0.15) is 41.5 Å². The van der Waals surface area contributed by atoms with Gasteiger partial charge in [-0.3, -0.25) is 9.00 Å². The molecule has 0 unspecified atom stereocenters. The zero-order valence-electron chi connectivity index (χ0n) is 14.9. The Morgan fingerprint density at radius 2 is 1.68 bits per heavy atom. The van der Waals surface area contributed by atoms with Crippen LogP contribution in [0.3, 0.4) is 0 Å². The molecule has 0 amide bonds. The molecule has 1 aromatic heterocycles. The van der Waals surface area contributed by atoms with Gasteiger partial charge in [0, 0.05) is 30.3 Å². The second-order valence-corrected chi connectivity index (χ2v) is 10.9. The van der Waals surface area contributed by atoms with Crippen LogP contribution in [0, 0.1) is 10.8 Å². The highest BCUT2D eigenvalue weighted by Crippen LogP contribution is 2.26. The van der Waals surface area contributed by atoms with E-state index in [9.17, 15) is 9.00 Å². The fourth-order valence-electron chi connectivity index (χ4n) is 1.99. The van der Waals surface area contributed by atoms with E-state index in [0.29, 0.717) is 10.6 Å².